The molecule has 1 aliphatic heterocycles. The molecule has 0 saturated carbocycles. The molecule has 1 fully saturated rings. The summed E-state index contributed by atoms with van der Waals surface area (Å²) in [6, 6.07) is 9.76. The van der Waals surface area contributed by atoms with E-state index in [4.69, 9.17) is 26.7 Å². The number of ether oxygens (including phenoxy) is 1. The number of aromatic nitrogens is 4. The van der Waals surface area contributed by atoms with Gasteiger partial charge in [0.1, 0.15) is 46.8 Å². The SMILES string of the molecule is C=CC(=O)NCC[C@@H]1CCCN1c1ccc2ncnc(Nc3cc(Cl)c(Oc4cc[nH]/c(=N\C=N)c4)cc3F)c2n1. The third-order valence-corrected chi connectivity index (χ3v) is 6.86. The Morgan fingerprint density at radius 1 is 1.32 bits per heavy atom. The number of fused-ring (bicyclic) bond motifs is 1. The van der Waals surface area contributed by atoms with Crippen LogP contribution in [0.25, 0.3) is 11.0 Å². The zero-order chi connectivity index (χ0) is 28.8. The molecule has 0 radical (unpaired) electrons. The van der Waals surface area contributed by atoms with Crippen molar-refractivity contribution in [3.05, 3.63) is 77.9 Å². The average Bonchev–Trinajstić information content (AvgIpc) is 3.44. The number of carbonyl (C=O) groups is 1. The highest BCUT2D eigenvalue weighted by atomic mass is 35.5. The number of H-pyrrole nitrogens is 1. The molecule has 0 spiro atoms. The Bertz CT molecular complexity index is 1680. The van der Waals surface area contributed by atoms with Crippen LogP contribution in [0, 0.1) is 11.2 Å². The number of hydrogen-bond donors (Lipinski definition) is 4. The number of rotatable bonds is 10. The summed E-state index contributed by atoms with van der Waals surface area (Å²) in [6.07, 6.45) is 7.89. The molecule has 3 aromatic heterocycles. The van der Waals surface area contributed by atoms with E-state index in [1.807, 2.05) is 12.1 Å². The van der Waals surface area contributed by atoms with Gasteiger partial charge in [-0.2, -0.15) is 0 Å². The number of aromatic amines is 1. The topological polar surface area (TPSA) is 144 Å². The minimum atomic E-state index is -0.611. The molecule has 0 aliphatic carbocycles. The lowest BCUT2D eigenvalue weighted by atomic mass is 10.1. The second kappa shape index (κ2) is 12.6. The number of nitrogens with zero attached hydrogens (tertiary/aromatic N) is 5. The van der Waals surface area contributed by atoms with Gasteiger partial charge in [0.05, 0.1) is 16.2 Å². The zero-order valence-corrected chi connectivity index (χ0v) is 22.7. The van der Waals surface area contributed by atoms with Crippen molar-refractivity contribution in [2.24, 2.45) is 4.99 Å². The molecule has 210 valence electrons. The second-order valence-electron chi connectivity index (χ2n) is 9.19. The Balaban J connectivity index is 1.38. The number of hydrogen-bond acceptors (Lipinski definition) is 8. The minimum absolute atomic E-state index is 0.0902. The molecular formula is C28H27ClFN9O2. The molecule has 0 bridgehead atoms. The fourth-order valence-electron chi connectivity index (χ4n) is 4.65. The van der Waals surface area contributed by atoms with Gasteiger partial charge in [-0.25, -0.2) is 24.3 Å². The van der Waals surface area contributed by atoms with Crippen molar-refractivity contribution in [2.75, 3.05) is 23.3 Å². The first-order chi connectivity index (χ1) is 19.9. The van der Waals surface area contributed by atoms with Gasteiger partial charge in [0.2, 0.25) is 5.91 Å². The van der Waals surface area contributed by atoms with Gasteiger partial charge < -0.3 is 25.3 Å². The van der Waals surface area contributed by atoms with Gasteiger partial charge >= 0.3 is 0 Å². The van der Waals surface area contributed by atoms with Crippen molar-refractivity contribution in [2.45, 2.75) is 25.3 Å². The maximum Gasteiger partial charge on any atom is 0.243 e. The van der Waals surface area contributed by atoms with Gasteiger partial charge in [-0.15, -0.1) is 0 Å². The van der Waals surface area contributed by atoms with Gasteiger partial charge in [0.25, 0.3) is 0 Å². The molecule has 1 amide bonds. The van der Waals surface area contributed by atoms with E-state index in [0.717, 1.165) is 38.0 Å². The number of carbonyl (C=O) groups excluding carboxylic acids is 1. The van der Waals surface area contributed by atoms with Gasteiger partial charge in [-0.3, -0.25) is 10.2 Å². The molecule has 41 heavy (non-hydrogen) atoms. The Morgan fingerprint density at radius 2 is 2.20 bits per heavy atom. The molecule has 4 heterocycles. The molecule has 4 aromatic rings. The lowest BCUT2D eigenvalue weighted by Crippen LogP contribution is -2.34. The summed E-state index contributed by atoms with van der Waals surface area (Å²) >= 11 is 6.45. The van der Waals surface area contributed by atoms with E-state index in [0.29, 0.717) is 34.6 Å². The number of anilines is 3. The number of pyridine rings is 2. The number of halogens is 2. The Morgan fingerprint density at radius 3 is 3.02 bits per heavy atom. The van der Waals surface area contributed by atoms with Crippen LogP contribution in [0.1, 0.15) is 19.3 Å². The first-order valence-electron chi connectivity index (χ1n) is 12.9. The number of benzene rings is 1. The van der Waals surface area contributed by atoms with Gasteiger partial charge in [-0.05, 0) is 49.6 Å². The van der Waals surface area contributed by atoms with E-state index in [1.165, 1.54) is 24.5 Å². The van der Waals surface area contributed by atoms with Gasteiger partial charge in [0.15, 0.2) is 5.82 Å². The summed E-state index contributed by atoms with van der Waals surface area (Å²) in [6.45, 7) is 4.85. The molecule has 4 N–H and O–H groups in total. The highest BCUT2D eigenvalue weighted by Crippen LogP contribution is 2.35. The fourth-order valence-corrected chi connectivity index (χ4v) is 4.85. The zero-order valence-electron chi connectivity index (χ0n) is 21.9. The molecule has 11 nitrogen and oxygen atoms in total. The lowest BCUT2D eigenvalue weighted by molar-refractivity contribution is -0.116. The van der Waals surface area contributed by atoms with Crippen molar-refractivity contribution in [3.63, 3.8) is 0 Å². The Labute approximate surface area is 239 Å². The van der Waals surface area contributed by atoms with Crippen LogP contribution in [-0.2, 0) is 4.79 Å². The lowest BCUT2D eigenvalue weighted by Gasteiger charge is -2.26. The standard InChI is InChI=1S/C28H27ClFN9O2/c1-2-26(40)33-9-7-17-4-3-11-39(17)25-6-5-21-27(38-25)28(36-16-35-21)37-22-13-19(29)23(14-20(22)30)41-18-8-10-32-24(12-18)34-15-31/h2,5-6,8,10,12-17H,1,3-4,7,9,11H2,(H,33,40)(H2,31,32,34)(H,35,36,37)/t17-/m0/s1. The van der Waals surface area contributed by atoms with E-state index in [1.54, 1.807) is 18.3 Å². The molecule has 13 heteroatoms. The summed E-state index contributed by atoms with van der Waals surface area (Å²) in [7, 11) is 0. The van der Waals surface area contributed by atoms with E-state index in [-0.39, 0.29) is 28.4 Å². The van der Waals surface area contributed by atoms with Crippen LogP contribution in [0.15, 0.2) is 66.6 Å². The van der Waals surface area contributed by atoms with Crippen molar-refractivity contribution in [1.82, 2.24) is 25.3 Å². The highest BCUT2D eigenvalue weighted by molar-refractivity contribution is 6.32. The van der Waals surface area contributed by atoms with E-state index >= 15 is 4.39 Å². The smallest absolute Gasteiger partial charge is 0.243 e. The second-order valence-corrected chi connectivity index (χ2v) is 9.60. The number of amides is 1. The summed E-state index contributed by atoms with van der Waals surface area (Å²) in [4.78, 5) is 33.9. The highest BCUT2D eigenvalue weighted by Gasteiger charge is 2.26. The summed E-state index contributed by atoms with van der Waals surface area (Å²) in [5.41, 5.74) is 1.57. The number of nitrogens with one attached hydrogen (secondary N) is 4. The van der Waals surface area contributed by atoms with Crippen molar-refractivity contribution in [1.29, 1.82) is 5.41 Å². The van der Waals surface area contributed by atoms with Crippen LogP contribution in [-0.4, -0.2) is 51.3 Å². The fraction of sp³-hybridized carbons (Fsp3) is 0.214. The summed E-state index contributed by atoms with van der Waals surface area (Å²) < 4.78 is 21.0. The van der Waals surface area contributed by atoms with Gasteiger partial charge in [-0.1, -0.05) is 18.2 Å². The van der Waals surface area contributed by atoms with Crippen LogP contribution < -0.4 is 25.8 Å². The summed E-state index contributed by atoms with van der Waals surface area (Å²) in [5, 5.41) is 13.1. The minimum Gasteiger partial charge on any atom is -0.455 e. The van der Waals surface area contributed by atoms with Crippen LogP contribution in [0.4, 0.5) is 21.7 Å². The monoisotopic (exact) mass is 575 g/mol. The van der Waals surface area contributed by atoms with Crippen LogP contribution in [0.2, 0.25) is 5.02 Å². The molecule has 1 aromatic carbocycles. The average molecular weight is 576 g/mol. The Hall–Kier alpha value is -4.84. The summed E-state index contributed by atoms with van der Waals surface area (Å²) in [5.74, 6) is 0.754. The Kier molecular flexibility index (Phi) is 8.49. The molecule has 5 rings (SSSR count). The first kappa shape index (κ1) is 27.7. The van der Waals surface area contributed by atoms with Gasteiger partial charge in [0, 0.05) is 37.5 Å². The van der Waals surface area contributed by atoms with E-state index in [9.17, 15) is 4.79 Å². The molecular weight excluding hydrogens is 549 g/mol. The van der Waals surface area contributed by atoms with Crippen molar-refractivity contribution < 1.29 is 13.9 Å². The molecule has 1 aliphatic rings. The largest absolute Gasteiger partial charge is 0.455 e. The quantitative estimate of drug-likeness (QED) is 0.120. The normalized spacial score (nSPS) is 15.1. The van der Waals surface area contributed by atoms with Crippen LogP contribution >= 0.6 is 11.6 Å². The molecule has 0 unspecified atom stereocenters. The predicted molar refractivity (Wildman–Crippen MR) is 155 cm³/mol. The maximum atomic E-state index is 15.2. The third-order valence-electron chi connectivity index (χ3n) is 6.56. The van der Waals surface area contributed by atoms with Crippen molar-refractivity contribution >= 4 is 52.2 Å². The molecule has 1 atom stereocenters. The van der Waals surface area contributed by atoms with E-state index < -0.39 is 5.82 Å². The third kappa shape index (κ3) is 6.49. The first-order valence-corrected chi connectivity index (χ1v) is 13.3. The predicted octanol–water partition coefficient (Wildman–Crippen LogP) is 4.85. The van der Waals surface area contributed by atoms with Crippen LogP contribution in [0.3, 0.4) is 0 Å². The maximum absolute atomic E-state index is 15.2. The van der Waals surface area contributed by atoms with E-state index in [2.05, 4.69) is 42.1 Å². The van der Waals surface area contributed by atoms with Crippen molar-refractivity contribution in [3.8, 4) is 11.5 Å². The van der Waals surface area contributed by atoms with Crippen LogP contribution in [0.5, 0.6) is 11.5 Å². The molecule has 1 saturated heterocycles.